The van der Waals surface area contributed by atoms with Crippen LogP contribution < -0.4 is 0 Å². The van der Waals surface area contributed by atoms with Gasteiger partial charge in [0, 0.05) is 23.7 Å². The largest absolute Gasteiger partial charge is 0.337 e. The van der Waals surface area contributed by atoms with Gasteiger partial charge in [-0.05, 0) is 35.7 Å². The minimum absolute atomic E-state index is 0.0883. The fourth-order valence-corrected chi connectivity index (χ4v) is 4.24. The number of nitrogens with one attached hydrogen (secondary N) is 1. The van der Waals surface area contributed by atoms with E-state index >= 15 is 0 Å². The fourth-order valence-electron chi connectivity index (χ4n) is 3.04. The maximum atomic E-state index is 12.6. The van der Waals surface area contributed by atoms with E-state index in [2.05, 4.69) is 27.3 Å². The van der Waals surface area contributed by atoms with E-state index in [1.165, 1.54) is 22.9 Å². The molecule has 0 saturated carbocycles. The second kappa shape index (κ2) is 7.92. The van der Waals surface area contributed by atoms with Gasteiger partial charge in [-0.25, -0.2) is 4.98 Å². The molecule has 138 valence electrons. The predicted molar refractivity (Wildman–Crippen MR) is 108 cm³/mol. The SMILES string of the molecule is O=C(CSc1n[nH]c(-c2ccc(Cl)cc2Cl)n1)N1CCc2ccccc2C1. The number of halogens is 2. The van der Waals surface area contributed by atoms with Crippen molar-refractivity contribution in [1.82, 2.24) is 20.1 Å². The Morgan fingerprint density at radius 3 is 2.81 bits per heavy atom. The maximum absolute atomic E-state index is 12.6. The van der Waals surface area contributed by atoms with E-state index in [9.17, 15) is 4.79 Å². The molecule has 1 N–H and O–H groups in total. The molecule has 0 aliphatic carbocycles. The maximum Gasteiger partial charge on any atom is 0.233 e. The molecular weight excluding hydrogens is 403 g/mol. The van der Waals surface area contributed by atoms with Crippen molar-refractivity contribution in [3.8, 4) is 11.4 Å². The zero-order valence-corrected chi connectivity index (χ0v) is 16.6. The van der Waals surface area contributed by atoms with Crippen molar-refractivity contribution in [3.63, 3.8) is 0 Å². The molecule has 1 aromatic heterocycles. The first-order valence-electron chi connectivity index (χ1n) is 8.45. The van der Waals surface area contributed by atoms with Crippen molar-refractivity contribution in [3.05, 3.63) is 63.6 Å². The minimum atomic E-state index is 0.0883. The summed E-state index contributed by atoms with van der Waals surface area (Å²) in [5, 5.41) is 8.61. The van der Waals surface area contributed by atoms with Crippen LogP contribution in [-0.4, -0.2) is 38.3 Å². The highest BCUT2D eigenvalue weighted by Gasteiger charge is 2.21. The van der Waals surface area contributed by atoms with Gasteiger partial charge in [0.2, 0.25) is 11.1 Å². The van der Waals surface area contributed by atoms with E-state index < -0.39 is 0 Å². The van der Waals surface area contributed by atoms with Gasteiger partial charge in [0.1, 0.15) is 0 Å². The van der Waals surface area contributed by atoms with Gasteiger partial charge in [-0.1, -0.05) is 59.2 Å². The number of carbonyl (C=O) groups is 1. The van der Waals surface area contributed by atoms with Crippen molar-refractivity contribution >= 4 is 40.9 Å². The predicted octanol–water partition coefficient (Wildman–Crippen LogP) is 4.46. The Balaban J connectivity index is 1.38. The lowest BCUT2D eigenvalue weighted by Crippen LogP contribution is -2.37. The lowest BCUT2D eigenvalue weighted by Gasteiger charge is -2.28. The summed E-state index contributed by atoms with van der Waals surface area (Å²) in [7, 11) is 0. The van der Waals surface area contributed by atoms with Crippen LogP contribution in [0.15, 0.2) is 47.6 Å². The van der Waals surface area contributed by atoms with E-state index in [1.54, 1.807) is 18.2 Å². The van der Waals surface area contributed by atoms with Crippen LogP contribution in [0.4, 0.5) is 0 Å². The first-order chi connectivity index (χ1) is 13.1. The average molecular weight is 419 g/mol. The lowest BCUT2D eigenvalue weighted by atomic mass is 10.00. The second-order valence-corrected chi connectivity index (χ2v) is 8.00. The summed E-state index contributed by atoms with van der Waals surface area (Å²) in [6.07, 6.45) is 0.895. The molecule has 0 spiro atoms. The summed E-state index contributed by atoms with van der Waals surface area (Å²) < 4.78 is 0. The van der Waals surface area contributed by atoms with Crippen LogP contribution in [0.25, 0.3) is 11.4 Å². The summed E-state index contributed by atoms with van der Waals surface area (Å²) in [4.78, 5) is 18.9. The highest BCUT2D eigenvalue weighted by molar-refractivity contribution is 7.99. The number of thioether (sulfide) groups is 1. The molecule has 1 amide bonds. The molecule has 1 aliphatic heterocycles. The Morgan fingerprint density at radius 1 is 1.19 bits per heavy atom. The van der Waals surface area contributed by atoms with Crippen molar-refractivity contribution in [1.29, 1.82) is 0 Å². The van der Waals surface area contributed by atoms with Crippen molar-refractivity contribution < 1.29 is 4.79 Å². The Labute approximate surface area is 171 Å². The molecule has 1 aliphatic rings. The number of H-pyrrole nitrogens is 1. The van der Waals surface area contributed by atoms with Crippen LogP contribution in [0, 0.1) is 0 Å². The van der Waals surface area contributed by atoms with Gasteiger partial charge in [0.25, 0.3) is 0 Å². The summed E-state index contributed by atoms with van der Waals surface area (Å²) in [5.41, 5.74) is 3.27. The van der Waals surface area contributed by atoms with Crippen molar-refractivity contribution in [2.75, 3.05) is 12.3 Å². The molecule has 2 heterocycles. The molecule has 0 saturated heterocycles. The van der Waals surface area contributed by atoms with E-state index in [-0.39, 0.29) is 5.91 Å². The van der Waals surface area contributed by atoms with E-state index in [0.29, 0.717) is 33.3 Å². The van der Waals surface area contributed by atoms with Gasteiger partial charge in [-0.15, -0.1) is 5.10 Å². The van der Waals surface area contributed by atoms with Gasteiger partial charge in [-0.2, -0.15) is 0 Å². The number of fused-ring (bicyclic) bond motifs is 1. The van der Waals surface area contributed by atoms with Crippen LogP contribution >= 0.6 is 35.0 Å². The van der Waals surface area contributed by atoms with Gasteiger partial charge in [0.15, 0.2) is 5.82 Å². The third-order valence-corrected chi connectivity index (χ3v) is 5.84. The number of benzene rings is 2. The zero-order chi connectivity index (χ0) is 18.8. The topological polar surface area (TPSA) is 61.9 Å². The summed E-state index contributed by atoms with van der Waals surface area (Å²) >= 11 is 13.4. The van der Waals surface area contributed by atoms with Crippen molar-refractivity contribution in [2.45, 2.75) is 18.1 Å². The van der Waals surface area contributed by atoms with Gasteiger partial charge in [0.05, 0.1) is 10.8 Å². The first kappa shape index (κ1) is 18.3. The Bertz CT molecular complexity index is 991. The molecule has 8 heteroatoms. The third-order valence-electron chi connectivity index (χ3n) is 4.46. The third kappa shape index (κ3) is 4.13. The fraction of sp³-hybridized carbons (Fsp3) is 0.211. The molecular formula is C19H16Cl2N4OS. The standard InChI is InChI=1S/C19H16Cl2N4OS/c20-14-5-6-15(16(21)9-14)18-22-19(24-23-18)27-11-17(26)25-8-7-12-3-1-2-4-13(12)10-25/h1-6,9H,7-8,10-11H2,(H,22,23,24). The molecule has 0 atom stereocenters. The highest BCUT2D eigenvalue weighted by Crippen LogP contribution is 2.29. The number of carbonyl (C=O) groups excluding carboxylic acids is 1. The smallest absolute Gasteiger partial charge is 0.233 e. The molecule has 0 fully saturated rings. The Hall–Kier alpha value is -2.02. The van der Waals surface area contributed by atoms with Crippen LogP contribution in [0.3, 0.4) is 0 Å². The molecule has 0 unspecified atom stereocenters. The summed E-state index contributed by atoms with van der Waals surface area (Å²) in [5.74, 6) is 0.942. The molecule has 4 rings (SSSR count). The van der Waals surface area contributed by atoms with E-state index in [1.807, 2.05) is 17.0 Å². The zero-order valence-electron chi connectivity index (χ0n) is 14.3. The molecule has 0 radical (unpaired) electrons. The number of amides is 1. The van der Waals surface area contributed by atoms with Gasteiger partial charge >= 0.3 is 0 Å². The number of nitrogens with zero attached hydrogens (tertiary/aromatic N) is 3. The van der Waals surface area contributed by atoms with Crippen LogP contribution in [0.1, 0.15) is 11.1 Å². The number of rotatable bonds is 4. The molecule has 3 aromatic rings. The second-order valence-electron chi connectivity index (χ2n) is 6.21. The van der Waals surface area contributed by atoms with E-state index in [4.69, 9.17) is 23.2 Å². The number of hydrogen-bond donors (Lipinski definition) is 1. The summed E-state index contributed by atoms with van der Waals surface area (Å²) in [6.45, 7) is 1.41. The van der Waals surface area contributed by atoms with Gasteiger partial charge < -0.3 is 4.90 Å². The number of aromatic nitrogens is 3. The molecule has 5 nitrogen and oxygen atoms in total. The monoisotopic (exact) mass is 418 g/mol. The molecule has 2 aromatic carbocycles. The van der Waals surface area contributed by atoms with Gasteiger partial charge in [-0.3, -0.25) is 9.89 Å². The lowest BCUT2D eigenvalue weighted by molar-refractivity contribution is -0.129. The first-order valence-corrected chi connectivity index (χ1v) is 10.2. The van der Waals surface area contributed by atoms with E-state index in [0.717, 1.165) is 18.5 Å². The van der Waals surface area contributed by atoms with Crippen LogP contribution in [-0.2, 0) is 17.8 Å². The van der Waals surface area contributed by atoms with Crippen LogP contribution in [0.2, 0.25) is 10.0 Å². The average Bonchev–Trinajstić information content (AvgIpc) is 3.14. The Morgan fingerprint density at radius 2 is 2.00 bits per heavy atom. The number of hydrogen-bond acceptors (Lipinski definition) is 4. The quantitative estimate of drug-likeness (QED) is 0.635. The summed E-state index contributed by atoms with van der Waals surface area (Å²) in [6, 6.07) is 13.5. The minimum Gasteiger partial charge on any atom is -0.337 e. The highest BCUT2D eigenvalue weighted by atomic mass is 35.5. The van der Waals surface area contributed by atoms with Crippen molar-refractivity contribution in [2.24, 2.45) is 0 Å². The molecule has 27 heavy (non-hydrogen) atoms. The van der Waals surface area contributed by atoms with Crippen LogP contribution in [0.5, 0.6) is 0 Å². The molecule has 0 bridgehead atoms. The number of aromatic amines is 1. The Kier molecular flexibility index (Phi) is 5.38. The normalized spacial score (nSPS) is 13.5.